The molecule has 88 valence electrons. The highest BCUT2D eigenvalue weighted by Gasteiger charge is 2.25. The zero-order valence-electron chi connectivity index (χ0n) is 9.33. The van der Waals surface area contributed by atoms with E-state index in [2.05, 4.69) is 39.8 Å². The van der Waals surface area contributed by atoms with Crippen molar-refractivity contribution < 1.29 is 9.57 Å². The predicted molar refractivity (Wildman–Crippen MR) is 66.4 cm³/mol. The SMILES string of the molecule is Cc1cc(Br)c(OC2CC2)c(CCON)c1. The molecule has 1 aliphatic carbocycles. The van der Waals surface area contributed by atoms with Crippen LogP contribution >= 0.6 is 15.9 Å². The van der Waals surface area contributed by atoms with Crippen LogP contribution in [0.3, 0.4) is 0 Å². The number of benzene rings is 1. The molecule has 0 amide bonds. The number of hydrogen-bond acceptors (Lipinski definition) is 3. The summed E-state index contributed by atoms with van der Waals surface area (Å²) in [7, 11) is 0. The van der Waals surface area contributed by atoms with E-state index in [0.29, 0.717) is 12.7 Å². The number of rotatable bonds is 5. The first-order chi connectivity index (χ1) is 7.70. The largest absolute Gasteiger partial charge is 0.489 e. The van der Waals surface area contributed by atoms with Gasteiger partial charge in [-0.05, 0) is 52.9 Å². The minimum Gasteiger partial charge on any atom is -0.489 e. The summed E-state index contributed by atoms with van der Waals surface area (Å²) in [6, 6.07) is 4.20. The second kappa shape index (κ2) is 5.17. The van der Waals surface area contributed by atoms with Gasteiger partial charge >= 0.3 is 0 Å². The standard InChI is InChI=1S/C12H16BrNO2/c1-8-6-9(4-5-15-14)12(11(13)7-8)16-10-2-3-10/h6-7,10H,2-5,14H2,1H3. The van der Waals surface area contributed by atoms with E-state index in [4.69, 9.17) is 10.6 Å². The van der Waals surface area contributed by atoms with Gasteiger partial charge in [0, 0.05) is 6.42 Å². The monoisotopic (exact) mass is 285 g/mol. The second-order valence-corrected chi connectivity index (χ2v) is 5.03. The molecule has 1 aliphatic rings. The van der Waals surface area contributed by atoms with Crippen LogP contribution in [0.1, 0.15) is 24.0 Å². The molecule has 4 heteroatoms. The Hall–Kier alpha value is -0.580. The Labute approximate surface area is 104 Å². The lowest BCUT2D eigenvalue weighted by Crippen LogP contribution is -2.07. The maximum Gasteiger partial charge on any atom is 0.137 e. The van der Waals surface area contributed by atoms with Crippen LogP contribution in [0.15, 0.2) is 16.6 Å². The van der Waals surface area contributed by atoms with Crippen LogP contribution in [-0.2, 0) is 11.3 Å². The van der Waals surface area contributed by atoms with E-state index in [1.165, 1.54) is 5.56 Å². The van der Waals surface area contributed by atoms with Gasteiger partial charge in [0.05, 0.1) is 17.2 Å². The molecule has 0 aliphatic heterocycles. The molecule has 0 bridgehead atoms. The predicted octanol–water partition coefficient (Wildman–Crippen LogP) is 2.73. The topological polar surface area (TPSA) is 44.5 Å². The fraction of sp³-hybridized carbons (Fsp3) is 0.500. The summed E-state index contributed by atoms with van der Waals surface area (Å²) in [5.74, 6) is 6.01. The van der Waals surface area contributed by atoms with Crippen molar-refractivity contribution in [3.8, 4) is 5.75 Å². The third-order valence-corrected chi connectivity index (χ3v) is 3.15. The first kappa shape index (κ1) is 11.9. The van der Waals surface area contributed by atoms with Gasteiger partial charge in [0.1, 0.15) is 5.75 Å². The molecular formula is C12H16BrNO2. The fourth-order valence-electron chi connectivity index (χ4n) is 1.64. The van der Waals surface area contributed by atoms with Gasteiger partial charge in [-0.1, -0.05) is 6.07 Å². The molecule has 0 aromatic heterocycles. The molecule has 2 N–H and O–H groups in total. The van der Waals surface area contributed by atoms with Crippen LogP contribution in [0.25, 0.3) is 0 Å². The number of ether oxygens (including phenoxy) is 1. The van der Waals surface area contributed by atoms with Gasteiger partial charge in [0.2, 0.25) is 0 Å². The van der Waals surface area contributed by atoms with Crippen molar-refractivity contribution in [3.05, 3.63) is 27.7 Å². The highest BCUT2D eigenvalue weighted by molar-refractivity contribution is 9.10. The van der Waals surface area contributed by atoms with Gasteiger partial charge in [-0.3, -0.25) is 0 Å². The molecule has 16 heavy (non-hydrogen) atoms. The van der Waals surface area contributed by atoms with Crippen LogP contribution in [0.2, 0.25) is 0 Å². The van der Waals surface area contributed by atoms with Crippen molar-refractivity contribution in [1.29, 1.82) is 0 Å². The zero-order valence-corrected chi connectivity index (χ0v) is 10.9. The first-order valence-electron chi connectivity index (χ1n) is 5.48. The van der Waals surface area contributed by atoms with E-state index in [1.54, 1.807) is 0 Å². The molecule has 2 rings (SSSR count). The first-order valence-corrected chi connectivity index (χ1v) is 6.27. The van der Waals surface area contributed by atoms with Crippen LogP contribution in [0.4, 0.5) is 0 Å². The van der Waals surface area contributed by atoms with E-state index >= 15 is 0 Å². The molecule has 1 aromatic rings. The molecule has 0 atom stereocenters. The Bertz CT molecular complexity index is 378. The summed E-state index contributed by atoms with van der Waals surface area (Å²) in [4.78, 5) is 4.63. The van der Waals surface area contributed by atoms with Gasteiger partial charge in [-0.15, -0.1) is 0 Å². The lowest BCUT2D eigenvalue weighted by atomic mass is 10.1. The van der Waals surface area contributed by atoms with Gasteiger partial charge in [-0.2, -0.15) is 0 Å². The van der Waals surface area contributed by atoms with Gasteiger partial charge in [-0.25, -0.2) is 5.90 Å². The van der Waals surface area contributed by atoms with Crippen LogP contribution < -0.4 is 10.6 Å². The Morgan fingerprint density at radius 2 is 2.19 bits per heavy atom. The molecule has 1 saturated carbocycles. The molecule has 1 fully saturated rings. The van der Waals surface area contributed by atoms with E-state index in [0.717, 1.165) is 35.0 Å². The summed E-state index contributed by atoms with van der Waals surface area (Å²) in [6.07, 6.45) is 3.50. The Balaban J connectivity index is 2.22. The van der Waals surface area contributed by atoms with Crippen LogP contribution in [0.5, 0.6) is 5.75 Å². The number of halogens is 1. The van der Waals surface area contributed by atoms with Crippen molar-refractivity contribution in [2.75, 3.05) is 6.61 Å². The highest BCUT2D eigenvalue weighted by Crippen LogP contribution is 2.36. The summed E-state index contributed by atoms with van der Waals surface area (Å²) < 4.78 is 6.92. The average Bonchev–Trinajstić information content (AvgIpc) is 3.03. The lowest BCUT2D eigenvalue weighted by molar-refractivity contribution is 0.140. The minimum absolute atomic E-state index is 0.400. The normalized spacial score (nSPS) is 15.2. The summed E-state index contributed by atoms with van der Waals surface area (Å²) in [6.45, 7) is 2.58. The molecule has 0 spiro atoms. The van der Waals surface area contributed by atoms with Crippen molar-refractivity contribution in [3.63, 3.8) is 0 Å². The van der Waals surface area contributed by atoms with Crippen LogP contribution in [-0.4, -0.2) is 12.7 Å². The van der Waals surface area contributed by atoms with Crippen LogP contribution in [0, 0.1) is 6.92 Å². The molecular weight excluding hydrogens is 270 g/mol. The molecule has 0 heterocycles. The van der Waals surface area contributed by atoms with Crippen molar-refractivity contribution in [2.24, 2.45) is 5.90 Å². The zero-order chi connectivity index (χ0) is 11.5. The smallest absolute Gasteiger partial charge is 0.137 e. The summed E-state index contributed by atoms with van der Waals surface area (Å²) in [5.41, 5.74) is 2.37. The van der Waals surface area contributed by atoms with Gasteiger partial charge in [0.25, 0.3) is 0 Å². The van der Waals surface area contributed by atoms with Crippen molar-refractivity contribution in [1.82, 2.24) is 0 Å². The van der Waals surface area contributed by atoms with Crippen molar-refractivity contribution >= 4 is 15.9 Å². The molecule has 1 aromatic carbocycles. The van der Waals surface area contributed by atoms with E-state index in [-0.39, 0.29) is 0 Å². The number of nitrogens with two attached hydrogens (primary N) is 1. The van der Waals surface area contributed by atoms with Gasteiger partial charge in [0.15, 0.2) is 0 Å². The third kappa shape index (κ3) is 2.97. The Morgan fingerprint density at radius 3 is 2.81 bits per heavy atom. The molecule has 0 saturated heterocycles. The maximum absolute atomic E-state index is 5.90. The molecule has 0 radical (unpaired) electrons. The van der Waals surface area contributed by atoms with E-state index in [1.807, 2.05) is 0 Å². The van der Waals surface area contributed by atoms with Gasteiger partial charge < -0.3 is 9.57 Å². The minimum atomic E-state index is 0.400. The number of aryl methyl sites for hydroxylation is 1. The number of hydrogen-bond donors (Lipinski definition) is 1. The Morgan fingerprint density at radius 1 is 1.44 bits per heavy atom. The van der Waals surface area contributed by atoms with Crippen molar-refractivity contribution in [2.45, 2.75) is 32.3 Å². The highest BCUT2D eigenvalue weighted by atomic mass is 79.9. The Kier molecular flexibility index (Phi) is 3.84. The second-order valence-electron chi connectivity index (χ2n) is 4.17. The van der Waals surface area contributed by atoms with E-state index in [9.17, 15) is 0 Å². The summed E-state index contributed by atoms with van der Waals surface area (Å²) in [5, 5.41) is 0. The lowest BCUT2D eigenvalue weighted by Gasteiger charge is -2.13. The third-order valence-electron chi connectivity index (χ3n) is 2.56. The maximum atomic E-state index is 5.90. The van der Waals surface area contributed by atoms with E-state index < -0.39 is 0 Å². The fourth-order valence-corrected chi connectivity index (χ4v) is 2.35. The molecule has 0 unspecified atom stereocenters. The summed E-state index contributed by atoms with van der Waals surface area (Å²) >= 11 is 3.55. The average molecular weight is 286 g/mol. The quantitative estimate of drug-likeness (QED) is 0.846. The molecule has 3 nitrogen and oxygen atoms in total.